The van der Waals surface area contributed by atoms with E-state index in [0.29, 0.717) is 11.0 Å². The molecule has 1 saturated carbocycles. The average molecular weight is 398 g/mol. The number of nitrogens with zero attached hydrogens (tertiary/aromatic N) is 1. The van der Waals surface area contributed by atoms with Crippen molar-refractivity contribution in [1.29, 1.82) is 0 Å². The molecule has 1 heterocycles. The van der Waals surface area contributed by atoms with Gasteiger partial charge >= 0.3 is 5.97 Å². The number of methoxy groups -OCH3 is 2. The lowest BCUT2D eigenvalue weighted by Crippen LogP contribution is -2.35. The number of hydrogen-bond donors (Lipinski definition) is 0. The minimum Gasteiger partial charge on any atom is -0.497 e. The van der Waals surface area contributed by atoms with E-state index in [4.69, 9.17) is 9.47 Å². The van der Waals surface area contributed by atoms with Gasteiger partial charge in [0.25, 0.3) is 0 Å². The average Bonchev–Trinajstić information content (AvgIpc) is 3.51. The summed E-state index contributed by atoms with van der Waals surface area (Å²) in [6, 6.07) is 14.3. The van der Waals surface area contributed by atoms with Crippen molar-refractivity contribution in [2.75, 3.05) is 32.2 Å². The summed E-state index contributed by atoms with van der Waals surface area (Å²) in [5.41, 5.74) is 3.55. The van der Waals surface area contributed by atoms with E-state index in [9.17, 15) is 4.79 Å². The normalized spacial score (nSPS) is 17.4. The number of rotatable bonds is 6. The summed E-state index contributed by atoms with van der Waals surface area (Å²) in [6.45, 7) is 2.05. The minimum atomic E-state index is -0.256. The van der Waals surface area contributed by atoms with Gasteiger partial charge in [-0.05, 0) is 67.0 Å². The van der Waals surface area contributed by atoms with E-state index in [1.807, 2.05) is 24.3 Å². The van der Waals surface area contributed by atoms with Gasteiger partial charge in [0.15, 0.2) is 0 Å². The van der Waals surface area contributed by atoms with Gasteiger partial charge in [0.05, 0.1) is 25.5 Å². The summed E-state index contributed by atoms with van der Waals surface area (Å²) in [6.07, 6.45) is 5.22. The van der Waals surface area contributed by atoms with Crippen LogP contribution in [0.3, 0.4) is 0 Å². The number of carbonyl (C=O) groups is 1. The molecule has 0 atom stereocenters. The maximum atomic E-state index is 12.3. The Labute approximate surface area is 171 Å². The first-order valence-corrected chi connectivity index (χ1v) is 10.8. The number of benzene rings is 2. The second kappa shape index (κ2) is 8.08. The lowest BCUT2D eigenvalue weighted by atomic mass is 9.93. The van der Waals surface area contributed by atoms with Gasteiger partial charge < -0.3 is 14.4 Å². The van der Waals surface area contributed by atoms with E-state index in [1.54, 1.807) is 18.9 Å². The Morgan fingerprint density at radius 1 is 1.04 bits per heavy atom. The summed E-state index contributed by atoms with van der Waals surface area (Å²) < 4.78 is 10.3. The molecular weight excluding hydrogens is 370 g/mol. The molecule has 148 valence electrons. The third kappa shape index (κ3) is 4.14. The third-order valence-corrected chi connectivity index (χ3v) is 7.13. The van der Waals surface area contributed by atoms with Gasteiger partial charge in [-0.3, -0.25) is 0 Å². The molecule has 5 heteroatoms. The number of ether oxygens (including phenoxy) is 2. The van der Waals surface area contributed by atoms with E-state index in [1.165, 1.54) is 43.3 Å². The van der Waals surface area contributed by atoms with Crippen LogP contribution in [0.15, 0.2) is 47.4 Å². The molecule has 0 amide bonds. The van der Waals surface area contributed by atoms with Gasteiger partial charge in [-0.2, -0.15) is 0 Å². The van der Waals surface area contributed by atoms with Gasteiger partial charge in [-0.15, -0.1) is 11.8 Å². The molecule has 0 aromatic heterocycles. The van der Waals surface area contributed by atoms with E-state index in [0.717, 1.165) is 30.3 Å². The molecule has 1 saturated heterocycles. The van der Waals surface area contributed by atoms with Crippen molar-refractivity contribution in [3.8, 4) is 5.75 Å². The Morgan fingerprint density at radius 3 is 2.36 bits per heavy atom. The highest BCUT2D eigenvalue weighted by Crippen LogP contribution is 2.54. The first-order valence-electron chi connectivity index (χ1n) is 9.85. The van der Waals surface area contributed by atoms with Gasteiger partial charge in [-0.25, -0.2) is 4.79 Å². The van der Waals surface area contributed by atoms with Crippen LogP contribution in [0.4, 0.5) is 5.69 Å². The van der Waals surface area contributed by atoms with Crippen molar-refractivity contribution < 1.29 is 14.3 Å². The Balaban J connectivity index is 1.50. The molecule has 28 heavy (non-hydrogen) atoms. The minimum absolute atomic E-state index is 0.256. The summed E-state index contributed by atoms with van der Waals surface area (Å²) in [5, 5.41) is 0. The number of carbonyl (C=O) groups excluding carboxylic acids is 1. The van der Waals surface area contributed by atoms with E-state index >= 15 is 0 Å². The number of piperidine rings is 1. The fourth-order valence-corrected chi connectivity index (χ4v) is 4.82. The molecule has 0 N–H and O–H groups in total. The van der Waals surface area contributed by atoms with Crippen LogP contribution in [0.1, 0.15) is 41.6 Å². The van der Waals surface area contributed by atoms with Gasteiger partial charge in [0.2, 0.25) is 0 Å². The zero-order valence-electron chi connectivity index (χ0n) is 16.6. The highest BCUT2D eigenvalue weighted by atomic mass is 32.2. The molecule has 1 spiro atoms. The smallest absolute Gasteiger partial charge is 0.339 e. The fourth-order valence-electron chi connectivity index (χ4n) is 3.93. The third-order valence-electron chi connectivity index (χ3n) is 6.06. The van der Waals surface area contributed by atoms with Crippen molar-refractivity contribution in [2.45, 2.75) is 36.3 Å². The zero-order valence-corrected chi connectivity index (χ0v) is 17.4. The van der Waals surface area contributed by atoms with Crippen molar-refractivity contribution in [3.05, 3.63) is 53.6 Å². The maximum absolute atomic E-state index is 12.3. The van der Waals surface area contributed by atoms with Crippen LogP contribution in [-0.2, 0) is 10.5 Å². The van der Waals surface area contributed by atoms with Crippen LogP contribution in [0.25, 0.3) is 0 Å². The molecule has 2 aliphatic rings. The number of esters is 1. The van der Waals surface area contributed by atoms with Crippen LogP contribution in [-0.4, -0.2) is 33.3 Å². The van der Waals surface area contributed by atoms with Crippen LogP contribution in [0, 0.1) is 5.41 Å². The molecule has 2 aromatic rings. The highest BCUT2D eigenvalue weighted by Gasteiger charge is 2.44. The number of anilines is 1. The van der Waals surface area contributed by atoms with Crippen molar-refractivity contribution in [1.82, 2.24) is 0 Å². The first kappa shape index (κ1) is 19.2. The maximum Gasteiger partial charge on any atom is 0.339 e. The molecular formula is C23H27NO3S. The number of thioether (sulfide) groups is 1. The SMILES string of the molecule is COC(=O)c1ccc(SCc2ccc(OC)cc2)cc1N1CCC2(CC1)CC2. The Morgan fingerprint density at radius 2 is 1.75 bits per heavy atom. The molecule has 2 fully saturated rings. The van der Waals surface area contributed by atoms with Crippen LogP contribution >= 0.6 is 11.8 Å². The molecule has 0 radical (unpaired) electrons. The molecule has 0 bridgehead atoms. The molecule has 2 aromatic carbocycles. The summed E-state index contributed by atoms with van der Waals surface area (Å²) in [5.74, 6) is 1.50. The van der Waals surface area contributed by atoms with Crippen LogP contribution in [0.5, 0.6) is 5.75 Å². The fraction of sp³-hybridized carbons (Fsp3) is 0.435. The van der Waals surface area contributed by atoms with Gasteiger partial charge in [0.1, 0.15) is 5.75 Å². The van der Waals surface area contributed by atoms with Crippen LogP contribution in [0.2, 0.25) is 0 Å². The summed E-state index contributed by atoms with van der Waals surface area (Å²) in [7, 11) is 3.13. The quantitative estimate of drug-likeness (QED) is 0.498. The predicted molar refractivity (Wildman–Crippen MR) is 113 cm³/mol. The van der Waals surface area contributed by atoms with Crippen molar-refractivity contribution in [3.63, 3.8) is 0 Å². The van der Waals surface area contributed by atoms with E-state index < -0.39 is 0 Å². The molecule has 1 aliphatic carbocycles. The zero-order chi connectivity index (χ0) is 19.6. The lowest BCUT2D eigenvalue weighted by molar-refractivity contribution is 0.0601. The summed E-state index contributed by atoms with van der Waals surface area (Å²) in [4.78, 5) is 15.8. The standard InChI is InChI=1S/C23H27NO3S/c1-26-18-5-3-17(4-6-18)16-28-19-7-8-20(22(25)27-2)21(15-19)24-13-11-23(9-10-23)12-14-24/h3-8,15H,9-14,16H2,1-2H3. The first-order chi connectivity index (χ1) is 13.6. The summed E-state index contributed by atoms with van der Waals surface area (Å²) >= 11 is 1.79. The van der Waals surface area contributed by atoms with Crippen LogP contribution < -0.4 is 9.64 Å². The molecule has 0 unspecified atom stereocenters. The highest BCUT2D eigenvalue weighted by molar-refractivity contribution is 7.98. The molecule has 4 rings (SSSR count). The Hall–Kier alpha value is -2.14. The lowest BCUT2D eigenvalue weighted by Gasteiger charge is -2.35. The number of hydrogen-bond acceptors (Lipinski definition) is 5. The second-order valence-electron chi connectivity index (χ2n) is 7.79. The molecule has 4 nitrogen and oxygen atoms in total. The predicted octanol–water partition coefficient (Wildman–Crippen LogP) is 5.15. The Kier molecular flexibility index (Phi) is 5.54. The monoisotopic (exact) mass is 397 g/mol. The van der Waals surface area contributed by atoms with Gasteiger partial charge in [0, 0.05) is 23.7 Å². The Bertz CT molecular complexity index is 835. The molecule has 1 aliphatic heterocycles. The van der Waals surface area contributed by atoms with E-state index in [2.05, 4.69) is 23.1 Å². The largest absolute Gasteiger partial charge is 0.497 e. The van der Waals surface area contributed by atoms with Gasteiger partial charge in [-0.1, -0.05) is 12.1 Å². The van der Waals surface area contributed by atoms with Crippen molar-refractivity contribution >= 4 is 23.4 Å². The van der Waals surface area contributed by atoms with E-state index in [-0.39, 0.29) is 5.97 Å². The van der Waals surface area contributed by atoms with Crippen molar-refractivity contribution in [2.24, 2.45) is 5.41 Å². The second-order valence-corrected chi connectivity index (χ2v) is 8.84. The topological polar surface area (TPSA) is 38.8 Å².